The fourth-order valence-corrected chi connectivity index (χ4v) is 3.02. The number of esters is 1. The summed E-state index contributed by atoms with van der Waals surface area (Å²) in [6, 6.07) is 0. The van der Waals surface area contributed by atoms with E-state index in [1.165, 1.54) is 32.4 Å². The first-order valence-corrected chi connectivity index (χ1v) is 8.70. The lowest BCUT2D eigenvalue weighted by Gasteiger charge is -2.35. The van der Waals surface area contributed by atoms with Gasteiger partial charge in [-0.2, -0.15) is 0 Å². The topological polar surface area (TPSA) is 41.6 Å². The normalized spacial score (nSPS) is 22.8. The lowest BCUT2D eigenvalue weighted by atomic mass is 9.93. The highest BCUT2D eigenvalue weighted by molar-refractivity contribution is 5.80. The lowest BCUT2D eigenvalue weighted by molar-refractivity contribution is -0.151. The molecule has 1 heterocycles. The standard InChI is InChI=1S/C17H34N2O2/c1-5-11-18-17(4,16(20)21-7-3)10-13-19-12-8-9-15(6-2)14-19/h15,18H,5-14H2,1-4H3. The van der Waals surface area contributed by atoms with Crippen molar-refractivity contribution in [2.45, 2.75) is 65.3 Å². The maximum atomic E-state index is 12.3. The van der Waals surface area contributed by atoms with Crippen LogP contribution in [0.3, 0.4) is 0 Å². The van der Waals surface area contributed by atoms with E-state index < -0.39 is 5.54 Å². The Kier molecular flexibility index (Phi) is 8.27. The third kappa shape index (κ3) is 5.95. The van der Waals surface area contributed by atoms with Gasteiger partial charge in [-0.25, -0.2) is 0 Å². The zero-order valence-electron chi connectivity index (χ0n) is 14.4. The largest absolute Gasteiger partial charge is 0.465 e. The molecule has 124 valence electrons. The van der Waals surface area contributed by atoms with Gasteiger partial charge in [-0.15, -0.1) is 0 Å². The first-order valence-electron chi connectivity index (χ1n) is 8.70. The second-order valence-corrected chi connectivity index (χ2v) is 6.45. The fraction of sp³-hybridized carbons (Fsp3) is 0.941. The summed E-state index contributed by atoms with van der Waals surface area (Å²) in [6.07, 6.45) is 5.76. The Hall–Kier alpha value is -0.610. The van der Waals surface area contributed by atoms with Crippen LogP contribution in [0.2, 0.25) is 0 Å². The molecule has 1 aliphatic rings. The van der Waals surface area contributed by atoms with Crippen molar-refractivity contribution >= 4 is 5.97 Å². The van der Waals surface area contributed by atoms with Gasteiger partial charge in [0.2, 0.25) is 0 Å². The van der Waals surface area contributed by atoms with Crippen LogP contribution in [0.5, 0.6) is 0 Å². The molecule has 1 rings (SSSR count). The molecule has 0 spiro atoms. The number of rotatable bonds is 9. The number of ether oxygens (including phenoxy) is 1. The average molecular weight is 298 g/mol. The Morgan fingerprint density at radius 3 is 2.76 bits per heavy atom. The molecule has 1 N–H and O–H groups in total. The van der Waals surface area contributed by atoms with Gasteiger partial charge in [-0.1, -0.05) is 20.3 Å². The zero-order chi connectivity index (χ0) is 15.7. The highest BCUT2D eigenvalue weighted by Crippen LogP contribution is 2.21. The van der Waals surface area contributed by atoms with E-state index in [2.05, 4.69) is 24.1 Å². The number of nitrogens with one attached hydrogen (secondary N) is 1. The van der Waals surface area contributed by atoms with Gasteiger partial charge in [0.05, 0.1) is 6.61 Å². The van der Waals surface area contributed by atoms with Gasteiger partial charge in [0.25, 0.3) is 0 Å². The quantitative estimate of drug-likeness (QED) is 0.665. The van der Waals surface area contributed by atoms with E-state index in [0.29, 0.717) is 6.61 Å². The number of piperidine rings is 1. The van der Waals surface area contributed by atoms with E-state index in [-0.39, 0.29) is 5.97 Å². The van der Waals surface area contributed by atoms with Crippen LogP contribution in [0, 0.1) is 5.92 Å². The van der Waals surface area contributed by atoms with E-state index in [1.54, 1.807) is 0 Å². The van der Waals surface area contributed by atoms with E-state index in [1.807, 2.05) is 13.8 Å². The maximum absolute atomic E-state index is 12.3. The number of likely N-dealkylation sites (tertiary alicyclic amines) is 1. The lowest BCUT2D eigenvalue weighted by Crippen LogP contribution is -2.53. The van der Waals surface area contributed by atoms with Crippen LogP contribution < -0.4 is 5.32 Å². The Labute approximate surface area is 130 Å². The van der Waals surface area contributed by atoms with Crippen molar-refractivity contribution in [1.29, 1.82) is 0 Å². The number of nitrogens with zero attached hydrogens (tertiary/aromatic N) is 1. The van der Waals surface area contributed by atoms with E-state index >= 15 is 0 Å². The van der Waals surface area contributed by atoms with Crippen LogP contribution in [0.1, 0.15) is 59.8 Å². The molecule has 2 atom stereocenters. The first kappa shape index (κ1) is 18.4. The van der Waals surface area contributed by atoms with Gasteiger partial charge in [0, 0.05) is 13.1 Å². The molecule has 0 amide bonds. The molecule has 0 aromatic carbocycles. The van der Waals surface area contributed by atoms with Crippen molar-refractivity contribution in [2.75, 3.05) is 32.8 Å². The predicted octanol–water partition coefficient (Wildman–Crippen LogP) is 2.82. The smallest absolute Gasteiger partial charge is 0.326 e. The average Bonchev–Trinajstić information content (AvgIpc) is 2.51. The monoisotopic (exact) mass is 298 g/mol. The third-order valence-corrected chi connectivity index (χ3v) is 4.60. The molecule has 0 aliphatic carbocycles. The predicted molar refractivity (Wildman–Crippen MR) is 87.4 cm³/mol. The summed E-state index contributed by atoms with van der Waals surface area (Å²) >= 11 is 0. The van der Waals surface area contributed by atoms with Crippen LogP contribution in [0.15, 0.2) is 0 Å². The molecule has 0 aromatic heterocycles. The van der Waals surface area contributed by atoms with Gasteiger partial charge < -0.3 is 15.0 Å². The molecule has 0 bridgehead atoms. The van der Waals surface area contributed by atoms with Crippen molar-refractivity contribution < 1.29 is 9.53 Å². The number of hydrogen-bond acceptors (Lipinski definition) is 4. The summed E-state index contributed by atoms with van der Waals surface area (Å²) in [5, 5.41) is 3.39. The molecule has 4 heteroatoms. The summed E-state index contributed by atoms with van der Waals surface area (Å²) in [6.45, 7) is 12.9. The van der Waals surface area contributed by atoms with Crippen molar-refractivity contribution in [3.63, 3.8) is 0 Å². The number of carbonyl (C=O) groups is 1. The molecule has 0 radical (unpaired) electrons. The van der Waals surface area contributed by atoms with E-state index in [9.17, 15) is 4.79 Å². The van der Waals surface area contributed by atoms with Crippen molar-refractivity contribution in [3.8, 4) is 0 Å². The highest BCUT2D eigenvalue weighted by atomic mass is 16.5. The summed E-state index contributed by atoms with van der Waals surface area (Å²) < 4.78 is 5.27. The summed E-state index contributed by atoms with van der Waals surface area (Å²) in [7, 11) is 0. The molecule has 0 aromatic rings. The van der Waals surface area contributed by atoms with Gasteiger partial charge in [0.15, 0.2) is 0 Å². The molecule has 21 heavy (non-hydrogen) atoms. The fourth-order valence-electron chi connectivity index (χ4n) is 3.02. The van der Waals surface area contributed by atoms with Crippen LogP contribution in [-0.2, 0) is 9.53 Å². The highest BCUT2D eigenvalue weighted by Gasteiger charge is 2.34. The minimum absolute atomic E-state index is 0.109. The van der Waals surface area contributed by atoms with E-state index in [0.717, 1.165) is 31.8 Å². The Morgan fingerprint density at radius 1 is 1.38 bits per heavy atom. The Balaban J connectivity index is 2.53. The number of hydrogen-bond donors (Lipinski definition) is 1. The molecule has 1 saturated heterocycles. The minimum atomic E-state index is -0.550. The first-order chi connectivity index (χ1) is 10.1. The summed E-state index contributed by atoms with van der Waals surface area (Å²) in [5.74, 6) is 0.721. The third-order valence-electron chi connectivity index (χ3n) is 4.60. The second kappa shape index (κ2) is 9.42. The van der Waals surface area contributed by atoms with Crippen LogP contribution in [0.4, 0.5) is 0 Å². The molecular weight excluding hydrogens is 264 g/mol. The second-order valence-electron chi connectivity index (χ2n) is 6.45. The molecule has 1 aliphatic heterocycles. The number of carbonyl (C=O) groups excluding carboxylic acids is 1. The van der Waals surface area contributed by atoms with Gasteiger partial charge in [-0.05, 0) is 58.5 Å². The maximum Gasteiger partial charge on any atom is 0.326 e. The molecule has 2 unspecified atom stereocenters. The molecule has 4 nitrogen and oxygen atoms in total. The van der Waals surface area contributed by atoms with Crippen molar-refractivity contribution in [2.24, 2.45) is 5.92 Å². The molecular formula is C17H34N2O2. The van der Waals surface area contributed by atoms with Gasteiger partial charge >= 0.3 is 5.97 Å². The van der Waals surface area contributed by atoms with Gasteiger partial charge in [-0.3, -0.25) is 4.79 Å². The van der Waals surface area contributed by atoms with Crippen molar-refractivity contribution in [3.05, 3.63) is 0 Å². The Morgan fingerprint density at radius 2 is 2.14 bits per heavy atom. The summed E-state index contributed by atoms with van der Waals surface area (Å²) in [5.41, 5.74) is -0.550. The van der Waals surface area contributed by atoms with Crippen molar-refractivity contribution in [1.82, 2.24) is 10.2 Å². The van der Waals surface area contributed by atoms with Gasteiger partial charge in [0.1, 0.15) is 5.54 Å². The SMILES string of the molecule is CCCNC(C)(CCN1CCCC(CC)C1)C(=O)OCC. The van der Waals surface area contributed by atoms with Crippen LogP contribution in [0.25, 0.3) is 0 Å². The molecule has 1 fully saturated rings. The van der Waals surface area contributed by atoms with Crippen LogP contribution in [-0.4, -0.2) is 49.2 Å². The molecule has 0 saturated carbocycles. The summed E-state index contributed by atoms with van der Waals surface area (Å²) in [4.78, 5) is 14.8. The van der Waals surface area contributed by atoms with Crippen LogP contribution >= 0.6 is 0 Å². The Bertz CT molecular complexity index is 309. The zero-order valence-corrected chi connectivity index (χ0v) is 14.4. The minimum Gasteiger partial charge on any atom is -0.465 e. The van der Waals surface area contributed by atoms with E-state index in [4.69, 9.17) is 4.74 Å².